The second kappa shape index (κ2) is 4.83. The highest BCUT2D eigenvalue weighted by Crippen LogP contribution is 2.17. The van der Waals surface area contributed by atoms with Crippen molar-refractivity contribution < 1.29 is 9.18 Å². The molecule has 0 aliphatic carbocycles. The molecule has 18 heavy (non-hydrogen) atoms. The van der Waals surface area contributed by atoms with Gasteiger partial charge in [-0.25, -0.2) is 4.39 Å². The summed E-state index contributed by atoms with van der Waals surface area (Å²) in [5.74, 6) is -0.856. The Bertz CT molecular complexity index is 599. The Morgan fingerprint density at radius 2 is 2.17 bits per heavy atom. The Hall–Kier alpha value is -2.43. The highest BCUT2D eigenvalue weighted by molar-refractivity contribution is 6.07. The van der Waals surface area contributed by atoms with Crippen LogP contribution in [0.1, 0.15) is 15.9 Å². The van der Waals surface area contributed by atoms with Crippen LogP contribution < -0.4 is 11.1 Å². The molecule has 1 aromatic carbocycles. The quantitative estimate of drug-likeness (QED) is 0.798. The molecule has 4 nitrogen and oxygen atoms in total. The van der Waals surface area contributed by atoms with Crippen molar-refractivity contribution in [3.05, 3.63) is 53.6 Å². The van der Waals surface area contributed by atoms with Crippen LogP contribution in [0.15, 0.2) is 36.7 Å². The Morgan fingerprint density at radius 1 is 1.39 bits per heavy atom. The van der Waals surface area contributed by atoms with E-state index in [1.165, 1.54) is 12.1 Å². The SMILES string of the molecule is Cc1ccncc1NC(=O)c1ccc(F)cc1N. The zero-order valence-electron chi connectivity index (χ0n) is 9.77. The maximum Gasteiger partial charge on any atom is 0.257 e. The number of halogens is 1. The number of benzene rings is 1. The van der Waals surface area contributed by atoms with E-state index in [9.17, 15) is 9.18 Å². The predicted octanol–water partition coefficient (Wildman–Crippen LogP) is 2.36. The van der Waals surface area contributed by atoms with E-state index in [0.717, 1.165) is 11.6 Å². The van der Waals surface area contributed by atoms with Gasteiger partial charge in [-0.3, -0.25) is 9.78 Å². The molecule has 1 amide bonds. The summed E-state index contributed by atoms with van der Waals surface area (Å²) in [6.07, 6.45) is 3.18. The minimum atomic E-state index is -0.471. The first kappa shape index (κ1) is 12.0. The average molecular weight is 245 g/mol. The van der Waals surface area contributed by atoms with E-state index in [1.807, 2.05) is 6.92 Å². The maximum atomic E-state index is 12.9. The molecule has 0 atom stereocenters. The number of hydrogen-bond donors (Lipinski definition) is 2. The number of aryl methyl sites for hydroxylation is 1. The summed E-state index contributed by atoms with van der Waals surface area (Å²) in [4.78, 5) is 15.9. The number of nitrogens with zero attached hydrogens (tertiary/aromatic N) is 1. The number of carbonyl (C=O) groups excluding carboxylic acids is 1. The van der Waals surface area contributed by atoms with Crippen LogP contribution >= 0.6 is 0 Å². The summed E-state index contributed by atoms with van der Waals surface area (Å²) in [5, 5.41) is 2.68. The fraction of sp³-hybridized carbons (Fsp3) is 0.0769. The Morgan fingerprint density at radius 3 is 2.83 bits per heavy atom. The minimum absolute atomic E-state index is 0.106. The molecule has 0 saturated heterocycles. The van der Waals surface area contributed by atoms with E-state index in [4.69, 9.17) is 5.73 Å². The van der Waals surface area contributed by atoms with Crippen LogP contribution in [0.2, 0.25) is 0 Å². The first-order valence-corrected chi connectivity index (χ1v) is 5.35. The molecule has 0 fully saturated rings. The first-order chi connectivity index (χ1) is 8.58. The Balaban J connectivity index is 2.25. The summed E-state index contributed by atoms with van der Waals surface area (Å²) in [6.45, 7) is 1.85. The summed E-state index contributed by atoms with van der Waals surface area (Å²) in [5.41, 5.74) is 7.43. The molecular formula is C13H12FN3O. The van der Waals surface area contributed by atoms with E-state index in [-0.39, 0.29) is 17.2 Å². The zero-order valence-corrected chi connectivity index (χ0v) is 9.77. The molecular weight excluding hydrogens is 233 g/mol. The zero-order chi connectivity index (χ0) is 13.1. The van der Waals surface area contributed by atoms with Crippen molar-refractivity contribution in [2.24, 2.45) is 0 Å². The van der Waals surface area contributed by atoms with Crippen molar-refractivity contribution in [3.63, 3.8) is 0 Å². The van der Waals surface area contributed by atoms with Gasteiger partial charge in [0.25, 0.3) is 5.91 Å². The van der Waals surface area contributed by atoms with Gasteiger partial charge in [-0.1, -0.05) is 0 Å². The fourth-order valence-electron chi connectivity index (χ4n) is 1.52. The predicted molar refractivity (Wildman–Crippen MR) is 67.7 cm³/mol. The van der Waals surface area contributed by atoms with Crippen LogP contribution in [-0.4, -0.2) is 10.9 Å². The third-order valence-electron chi connectivity index (χ3n) is 2.55. The van der Waals surface area contributed by atoms with Crippen molar-refractivity contribution in [3.8, 4) is 0 Å². The van der Waals surface area contributed by atoms with Gasteiger partial charge in [0.2, 0.25) is 0 Å². The molecule has 0 saturated carbocycles. The van der Waals surface area contributed by atoms with Crippen molar-refractivity contribution in [1.29, 1.82) is 0 Å². The normalized spacial score (nSPS) is 10.1. The van der Waals surface area contributed by atoms with E-state index in [0.29, 0.717) is 5.69 Å². The smallest absolute Gasteiger partial charge is 0.257 e. The fourth-order valence-corrected chi connectivity index (χ4v) is 1.52. The minimum Gasteiger partial charge on any atom is -0.398 e. The standard InChI is InChI=1S/C13H12FN3O/c1-8-4-5-16-7-12(8)17-13(18)10-3-2-9(14)6-11(10)15/h2-7H,15H2,1H3,(H,17,18). The van der Waals surface area contributed by atoms with Gasteiger partial charge >= 0.3 is 0 Å². The molecule has 0 bridgehead atoms. The maximum absolute atomic E-state index is 12.9. The highest BCUT2D eigenvalue weighted by Gasteiger charge is 2.11. The number of amides is 1. The van der Waals surface area contributed by atoms with Gasteiger partial charge in [0, 0.05) is 11.9 Å². The molecule has 3 N–H and O–H groups in total. The van der Waals surface area contributed by atoms with E-state index >= 15 is 0 Å². The monoisotopic (exact) mass is 245 g/mol. The van der Waals surface area contributed by atoms with E-state index < -0.39 is 5.82 Å². The number of hydrogen-bond acceptors (Lipinski definition) is 3. The van der Waals surface area contributed by atoms with Crippen molar-refractivity contribution in [2.45, 2.75) is 6.92 Å². The number of nitrogens with one attached hydrogen (secondary N) is 1. The van der Waals surface area contributed by atoms with Gasteiger partial charge in [0.15, 0.2) is 0 Å². The lowest BCUT2D eigenvalue weighted by Crippen LogP contribution is -2.15. The molecule has 1 heterocycles. The molecule has 92 valence electrons. The number of rotatable bonds is 2. The van der Waals surface area contributed by atoms with Gasteiger partial charge < -0.3 is 11.1 Å². The van der Waals surface area contributed by atoms with Gasteiger partial charge in [-0.2, -0.15) is 0 Å². The Kier molecular flexibility index (Phi) is 3.23. The van der Waals surface area contributed by atoms with Gasteiger partial charge in [-0.05, 0) is 36.8 Å². The number of anilines is 2. The third-order valence-corrected chi connectivity index (χ3v) is 2.55. The van der Waals surface area contributed by atoms with Crippen LogP contribution in [0.5, 0.6) is 0 Å². The van der Waals surface area contributed by atoms with Gasteiger partial charge in [0.1, 0.15) is 5.82 Å². The largest absolute Gasteiger partial charge is 0.398 e. The van der Waals surface area contributed by atoms with Crippen LogP contribution in [0, 0.1) is 12.7 Å². The van der Waals surface area contributed by atoms with E-state index in [1.54, 1.807) is 18.5 Å². The lowest BCUT2D eigenvalue weighted by atomic mass is 10.1. The third kappa shape index (κ3) is 2.45. The first-order valence-electron chi connectivity index (χ1n) is 5.35. The van der Waals surface area contributed by atoms with Gasteiger partial charge in [-0.15, -0.1) is 0 Å². The summed E-state index contributed by atoms with van der Waals surface area (Å²) < 4.78 is 12.9. The van der Waals surface area contributed by atoms with Crippen LogP contribution in [0.4, 0.5) is 15.8 Å². The number of carbonyl (C=O) groups is 1. The number of aromatic nitrogens is 1. The summed E-state index contributed by atoms with van der Waals surface area (Å²) in [7, 11) is 0. The highest BCUT2D eigenvalue weighted by atomic mass is 19.1. The summed E-state index contributed by atoms with van der Waals surface area (Å²) in [6, 6.07) is 5.45. The molecule has 0 unspecified atom stereocenters. The van der Waals surface area contributed by atoms with Crippen LogP contribution in [-0.2, 0) is 0 Å². The average Bonchev–Trinajstić information content (AvgIpc) is 2.32. The van der Waals surface area contributed by atoms with Crippen LogP contribution in [0.3, 0.4) is 0 Å². The summed E-state index contributed by atoms with van der Waals surface area (Å²) >= 11 is 0. The lowest BCUT2D eigenvalue weighted by Gasteiger charge is -2.09. The molecule has 1 aromatic heterocycles. The molecule has 2 aromatic rings. The second-order valence-electron chi connectivity index (χ2n) is 3.88. The second-order valence-corrected chi connectivity index (χ2v) is 3.88. The molecule has 0 aliphatic rings. The molecule has 2 rings (SSSR count). The topological polar surface area (TPSA) is 68.0 Å². The van der Waals surface area contributed by atoms with Crippen molar-refractivity contribution >= 4 is 17.3 Å². The van der Waals surface area contributed by atoms with Crippen molar-refractivity contribution in [2.75, 3.05) is 11.1 Å². The molecule has 0 radical (unpaired) electrons. The molecule has 0 spiro atoms. The van der Waals surface area contributed by atoms with Gasteiger partial charge in [0.05, 0.1) is 17.4 Å². The number of pyridine rings is 1. The number of nitrogens with two attached hydrogens (primary N) is 1. The van der Waals surface area contributed by atoms with Crippen molar-refractivity contribution in [1.82, 2.24) is 4.98 Å². The molecule has 5 heteroatoms. The number of nitrogen functional groups attached to an aromatic ring is 1. The molecule has 0 aliphatic heterocycles. The lowest BCUT2D eigenvalue weighted by molar-refractivity contribution is 0.102. The van der Waals surface area contributed by atoms with E-state index in [2.05, 4.69) is 10.3 Å². The Labute approximate surface area is 104 Å². The van der Waals surface area contributed by atoms with Crippen LogP contribution in [0.25, 0.3) is 0 Å².